The summed E-state index contributed by atoms with van der Waals surface area (Å²) in [6.45, 7) is 2.08. The van der Waals surface area contributed by atoms with Crippen LogP contribution in [0, 0.1) is 12.8 Å². The van der Waals surface area contributed by atoms with E-state index >= 15 is 0 Å². The maximum Gasteiger partial charge on any atom is 0.150 e. The molecule has 0 bridgehead atoms. The van der Waals surface area contributed by atoms with E-state index in [1.165, 1.54) is 17.4 Å². The third kappa shape index (κ3) is 3.99. The Kier molecular flexibility index (Phi) is 5.33. The van der Waals surface area contributed by atoms with Crippen molar-refractivity contribution in [3.05, 3.63) is 34.3 Å². The van der Waals surface area contributed by atoms with Crippen molar-refractivity contribution in [1.29, 1.82) is 0 Å². The van der Waals surface area contributed by atoms with Gasteiger partial charge in [0.1, 0.15) is 9.84 Å². The van der Waals surface area contributed by atoms with Crippen molar-refractivity contribution in [2.24, 2.45) is 5.92 Å². The van der Waals surface area contributed by atoms with Crippen LogP contribution in [0.25, 0.3) is 0 Å². The fourth-order valence-corrected chi connectivity index (χ4v) is 4.84. The minimum absolute atomic E-state index is 0.160. The Morgan fingerprint density at radius 3 is 2.67 bits per heavy atom. The predicted octanol–water partition coefficient (Wildman–Crippen LogP) is 3.51. The third-order valence-corrected chi connectivity index (χ3v) is 6.51. The van der Waals surface area contributed by atoms with Crippen molar-refractivity contribution in [2.75, 3.05) is 13.3 Å². The van der Waals surface area contributed by atoms with E-state index in [4.69, 9.17) is 11.6 Å². The maximum atomic E-state index is 11.9. The molecule has 0 saturated heterocycles. The van der Waals surface area contributed by atoms with E-state index in [1.807, 2.05) is 25.2 Å². The second-order valence-corrected chi connectivity index (χ2v) is 8.91. The van der Waals surface area contributed by atoms with Gasteiger partial charge in [-0.2, -0.15) is 0 Å². The molecule has 21 heavy (non-hydrogen) atoms. The number of hydrogen-bond donors (Lipinski definition) is 1. The van der Waals surface area contributed by atoms with Crippen LogP contribution in [0.4, 0.5) is 0 Å². The second-order valence-electron chi connectivity index (χ2n) is 6.15. The summed E-state index contributed by atoms with van der Waals surface area (Å²) in [5, 5.41) is 3.90. The maximum absolute atomic E-state index is 11.9. The summed E-state index contributed by atoms with van der Waals surface area (Å²) in [6.07, 6.45) is 4.92. The molecule has 3 unspecified atom stereocenters. The normalized spacial score (nSPS) is 24.8. The molecule has 3 nitrogen and oxygen atoms in total. The quantitative estimate of drug-likeness (QED) is 0.919. The summed E-state index contributed by atoms with van der Waals surface area (Å²) >= 11 is 6.13. The zero-order valence-electron chi connectivity index (χ0n) is 12.9. The van der Waals surface area contributed by atoms with Gasteiger partial charge in [0.15, 0.2) is 0 Å². The van der Waals surface area contributed by atoms with Gasteiger partial charge in [-0.1, -0.05) is 24.1 Å². The smallest absolute Gasteiger partial charge is 0.150 e. The molecule has 2 rings (SSSR count). The van der Waals surface area contributed by atoms with E-state index in [0.717, 1.165) is 30.7 Å². The molecule has 118 valence electrons. The van der Waals surface area contributed by atoms with Gasteiger partial charge in [-0.25, -0.2) is 8.42 Å². The van der Waals surface area contributed by atoms with Gasteiger partial charge in [-0.3, -0.25) is 0 Å². The summed E-state index contributed by atoms with van der Waals surface area (Å²) in [7, 11) is -1.02. The minimum Gasteiger partial charge on any atom is -0.313 e. The Bertz CT molecular complexity index is 600. The Labute approximate surface area is 133 Å². The van der Waals surface area contributed by atoms with Gasteiger partial charge < -0.3 is 5.32 Å². The van der Waals surface area contributed by atoms with Crippen LogP contribution in [-0.2, 0) is 9.84 Å². The Hall–Kier alpha value is -0.580. The second kappa shape index (κ2) is 6.67. The first-order valence-electron chi connectivity index (χ1n) is 7.45. The Morgan fingerprint density at radius 1 is 1.33 bits per heavy atom. The van der Waals surface area contributed by atoms with Crippen molar-refractivity contribution in [3.63, 3.8) is 0 Å². The summed E-state index contributed by atoms with van der Waals surface area (Å²) in [5.74, 6) is 0.334. The molecule has 1 aromatic rings. The molecule has 1 N–H and O–H groups in total. The molecule has 1 aliphatic carbocycles. The van der Waals surface area contributed by atoms with E-state index in [0.29, 0.717) is 5.92 Å². The van der Waals surface area contributed by atoms with E-state index in [1.54, 1.807) is 0 Å². The largest absolute Gasteiger partial charge is 0.313 e. The topological polar surface area (TPSA) is 46.2 Å². The zero-order valence-corrected chi connectivity index (χ0v) is 14.5. The van der Waals surface area contributed by atoms with Crippen LogP contribution in [-0.4, -0.2) is 27.0 Å². The van der Waals surface area contributed by atoms with Crippen LogP contribution in [0.3, 0.4) is 0 Å². The average molecular weight is 330 g/mol. The molecule has 0 amide bonds. The van der Waals surface area contributed by atoms with Gasteiger partial charge in [-0.15, -0.1) is 0 Å². The molecule has 0 aromatic heterocycles. The average Bonchev–Trinajstić information content (AvgIpc) is 2.43. The molecule has 3 atom stereocenters. The monoisotopic (exact) mass is 329 g/mol. The van der Waals surface area contributed by atoms with Gasteiger partial charge in [0.05, 0.1) is 5.25 Å². The SMILES string of the molecule is CNC(c1cc(Cl)ccc1C)C1CCCC(S(C)(=O)=O)C1. The summed E-state index contributed by atoms with van der Waals surface area (Å²) in [5.41, 5.74) is 2.38. The number of rotatable bonds is 4. The zero-order chi connectivity index (χ0) is 15.6. The molecule has 0 heterocycles. The van der Waals surface area contributed by atoms with Crippen LogP contribution >= 0.6 is 11.6 Å². The predicted molar refractivity (Wildman–Crippen MR) is 88.6 cm³/mol. The molecule has 1 saturated carbocycles. The van der Waals surface area contributed by atoms with Gasteiger partial charge in [0.25, 0.3) is 0 Å². The van der Waals surface area contributed by atoms with Gasteiger partial charge in [0.2, 0.25) is 0 Å². The molecule has 0 aliphatic heterocycles. The van der Waals surface area contributed by atoms with E-state index in [-0.39, 0.29) is 11.3 Å². The molecular formula is C16H24ClNO2S. The standard InChI is InChI=1S/C16H24ClNO2S/c1-11-7-8-13(17)10-15(11)16(18-2)12-5-4-6-14(9-12)21(3,19)20/h7-8,10,12,14,16,18H,4-6,9H2,1-3H3. The summed E-state index contributed by atoms with van der Waals surface area (Å²) in [6, 6.07) is 6.09. The lowest BCUT2D eigenvalue weighted by Crippen LogP contribution is -2.34. The Balaban J connectivity index is 2.27. The highest BCUT2D eigenvalue weighted by Crippen LogP contribution is 2.38. The van der Waals surface area contributed by atoms with Crippen molar-refractivity contribution in [2.45, 2.75) is 43.9 Å². The first-order chi connectivity index (χ1) is 9.82. The van der Waals surface area contributed by atoms with Crippen LogP contribution in [0.1, 0.15) is 42.9 Å². The van der Waals surface area contributed by atoms with Crippen LogP contribution in [0.15, 0.2) is 18.2 Å². The van der Waals surface area contributed by atoms with Gasteiger partial charge in [0, 0.05) is 17.3 Å². The number of nitrogens with one attached hydrogen (secondary N) is 1. The first kappa shape index (κ1) is 16.8. The fourth-order valence-electron chi connectivity index (χ4n) is 3.46. The molecular weight excluding hydrogens is 306 g/mol. The number of aryl methyl sites for hydroxylation is 1. The van der Waals surface area contributed by atoms with Crippen LogP contribution in [0.5, 0.6) is 0 Å². The minimum atomic E-state index is -2.95. The Morgan fingerprint density at radius 2 is 2.05 bits per heavy atom. The third-order valence-electron chi connectivity index (χ3n) is 4.63. The summed E-state index contributed by atoms with van der Waals surface area (Å²) < 4.78 is 23.7. The number of hydrogen-bond acceptors (Lipinski definition) is 3. The number of halogens is 1. The molecule has 1 fully saturated rings. The molecule has 5 heteroatoms. The molecule has 1 aliphatic rings. The highest BCUT2D eigenvalue weighted by molar-refractivity contribution is 7.91. The van der Waals surface area contributed by atoms with E-state index in [9.17, 15) is 8.42 Å². The van der Waals surface area contributed by atoms with E-state index in [2.05, 4.69) is 12.2 Å². The lowest BCUT2D eigenvalue weighted by Gasteiger charge is -2.34. The first-order valence-corrected chi connectivity index (χ1v) is 9.78. The fraction of sp³-hybridized carbons (Fsp3) is 0.625. The van der Waals surface area contributed by atoms with Gasteiger partial charge >= 0.3 is 0 Å². The lowest BCUT2D eigenvalue weighted by molar-refractivity contribution is 0.282. The van der Waals surface area contributed by atoms with E-state index < -0.39 is 9.84 Å². The van der Waals surface area contributed by atoms with Crippen molar-refractivity contribution in [1.82, 2.24) is 5.32 Å². The van der Waals surface area contributed by atoms with Gasteiger partial charge in [-0.05, 0) is 62.4 Å². The molecule has 0 spiro atoms. The van der Waals surface area contributed by atoms with Crippen LogP contribution in [0.2, 0.25) is 5.02 Å². The number of sulfone groups is 1. The highest BCUT2D eigenvalue weighted by atomic mass is 35.5. The van der Waals surface area contributed by atoms with Crippen molar-refractivity contribution < 1.29 is 8.42 Å². The van der Waals surface area contributed by atoms with Crippen molar-refractivity contribution >= 4 is 21.4 Å². The lowest BCUT2D eigenvalue weighted by atomic mass is 9.80. The number of benzene rings is 1. The van der Waals surface area contributed by atoms with Crippen molar-refractivity contribution in [3.8, 4) is 0 Å². The summed E-state index contributed by atoms with van der Waals surface area (Å²) in [4.78, 5) is 0. The molecule has 0 radical (unpaired) electrons. The van der Waals surface area contributed by atoms with Crippen LogP contribution < -0.4 is 5.32 Å². The molecule has 1 aromatic carbocycles. The highest BCUT2D eigenvalue weighted by Gasteiger charge is 2.33.